The monoisotopic (exact) mass is 415 g/mol. The van der Waals surface area contributed by atoms with Gasteiger partial charge in [-0.2, -0.15) is 5.26 Å². The van der Waals surface area contributed by atoms with Gasteiger partial charge in [-0.15, -0.1) is 11.8 Å². The zero-order chi connectivity index (χ0) is 20.4. The van der Waals surface area contributed by atoms with Crippen LogP contribution in [-0.4, -0.2) is 64.4 Å². The molecule has 3 heterocycles. The van der Waals surface area contributed by atoms with Crippen molar-refractivity contribution in [1.29, 1.82) is 5.26 Å². The lowest BCUT2D eigenvalue weighted by Gasteiger charge is -2.22. The average Bonchev–Trinajstić information content (AvgIpc) is 3.39. The summed E-state index contributed by atoms with van der Waals surface area (Å²) < 4.78 is 13.6. The van der Waals surface area contributed by atoms with Gasteiger partial charge in [-0.3, -0.25) is 15.1 Å². The number of anilines is 1. The van der Waals surface area contributed by atoms with Gasteiger partial charge < -0.3 is 14.9 Å². The summed E-state index contributed by atoms with van der Waals surface area (Å²) in [5, 5.41) is 23.4. The molecule has 0 saturated carbocycles. The highest BCUT2D eigenvalue weighted by molar-refractivity contribution is 7.99. The van der Waals surface area contributed by atoms with Gasteiger partial charge in [0.05, 0.1) is 24.0 Å². The van der Waals surface area contributed by atoms with Crippen LogP contribution in [0.2, 0.25) is 0 Å². The number of nitrogens with zero attached hydrogens (tertiary/aromatic N) is 4. The Morgan fingerprint density at radius 2 is 2.34 bits per heavy atom. The first-order valence-corrected chi connectivity index (χ1v) is 10.7. The first-order valence-electron chi connectivity index (χ1n) is 9.53. The van der Waals surface area contributed by atoms with Crippen molar-refractivity contribution < 1.29 is 14.3 Å². The molecule has 3 atom stereocenters. The molecule has 0 bridgehead atoms. The lowest BCUT2D eigenvalue weighted by Crippen LogP contribution is -2.42. The number of nitrogens with one attached hydrogen (secondary N) is 1. The van der Waals surface area contributed by atoms with E-state index in [1.807, 2.05) is 23.1 Å². The zero-order valence-electron chi connectivity index (χ0n) is 15.8. The zero-order valence-corrected chi connectivity index (χ0v) is 16.6. The fourth-order valence-corrected chi connectivity index (χ4v) is 4.84. The van der Waals surface area contributed by atoms with E-state index in [9.17, 15) is 14.3 Å². The lowest BCUT2D eigenvalue weighted by atomic mass is 10.1. The number of amides is 1. The largest absolute Gasteiger partial charge is 0.374 e. The van der Waals surface area contributed by atoms with Crippen molar-refractivity contribution in [3.05, 3.63) is 36.0 Å². The van der Waals surface area contributed by atoms with Crippen molar-refractivity contribution in [1.82, 2.24) is 15.2 Å². The van der Waals surface area contributed by atoms with E-state index in [2.05, 4.69) is 16.4 Å². The minimum Gasteiger partial charge on any atom is -0.374 e. The quantitative estimate of drug-likeness (QED) is 0.719. The number of hydrogen-bond donors (Lipinski definition) is 2. The second-order valence-electron chi connectivity index (χ2n) is 7.23. The van der Waals surface area contributed by atoms with Gasteiger partial charge in [0.2, 0.25) is 5.91 Å². The van der Waals surface area contributed by atoms with Crippen LogP contribution in [0.15, 0.2) is 30.5 Å². The third-order valence-corrected chi connectivity index (χ3v) is 6.36. The number of rotatable bonds is 5. The number of aromatic nitrogens is 1. The van der Waals surface area contributed by atoms with Gasteiger partial charge in [-0.25, -0.2) is 4.39 Å². The molecule has 1 aromatic carbocycles. The topological polar surface area (TPSA) is 92.5 Å². The highest BCUT2D eigenvalue weighted by Crippen LogP contribution is 2.29. The van der Waals surface area contributed by atoms with E-state index < -0.39 is 18.4 Å². The Hall–Kier alpha value is -2.41. The Balaban J connectivity index is 1.50. The summed E-state index contributed by atoms with van der Waals surface area (Å²) in [6.45, 7) is 0.953. The SMILES string of the molecule is N#C[C@@H]1CSCN1C(=O)CNC(O)c1ccnc2ccc(N3CC[C@H](F)C3)cc12. The van der Waals surface area contributed by atoms with Gasteiger partial charge in [0.1, 0.15) is 18.4 Å². The number of carbonyl (C=O) groups is 1. The molecule has 0 aliphatic carbocycles. The molecule has 1 amide bonds. The molecular weight excluding hydrogens is 393 g/mol. The molecule has 2 aliphatic heterocycles. The number of aliphatic hydroxyl groups is 1. The van der Waals surface area contributed by atoms with Crippen LogP contribution in [0.1, 0.15) is 18.2 Å². The third kappa shape index (κ3) is 4.15. The molecule has 4 rings (SSSR count). The molecule has 0 radical (unpaired) electrons. The van der Waals surface area contributed by atoms with Crippen LogP contribution in [0.3, 0.4) is 0 Å². The van der Waals surface area contributed by atoms with Gasteiger partial charge in [0, 0.05) is 41.7 Å². The van der Waals surface area contributed by atoms with E-state index in [4.69, 9.17) is 5.26 Å². The summed E-state index contributed by atoms with van der Waals surface area (Å²) in [5.41, 5.74) is 2.21. The first kappa shape index (κ1) is 19.9. The smallest absolute Gasteiger partial charge is 0.238 e. The minimum atomic E-state index is -1.07. The number of benzene rings is 1. The van der Waals surface area contributed by atoms with Gasteiger partial charge in [-0.05, 0) is 30.7 Å². The number of fused-ring (bicyclic) bond motifs is 1. The predicted molar refractivity (Wildman–Crippen MR) is 110 cm³/mol. The number of pyridine rings is 1. The molecule has 9 heteroatoms. The summed E-state index contributed by atoms with van der Waals surface area (Å²) in [6.07, 6.45) is 0.240. The van der Waals surface area contributed by atoms with Gasteiger partial charge in [0.25, 0.3) is 0 Å². The van der Waals surface area contributed by atoms with Crippen LogP contribution in [0, 0.1) is 11.3 Å². The summed E-state index contributed by atoms with van der Waals surface area (Å²) in [7, 11) is 0. The Morgan fingerprint density at radius 3 is 3.10 bits per heavy atom. The molecule has 2 aliphatic rings. The Labute approximate surface area is 172 Å². The predicted octanol–water partition coefficient (Wildman–Crippen LogP) is 1.79. The van der Waals surface area contributed by atoms with E-state index in [-0.39, 0.29) is 12.5 Å². The molecule has 7 nitrogen and oxygen atoms in total. The number of thioether (sulfide) groups is 1. The fourth-order valence-electron chi connectivity index (χ4n) is 3.73. The van der Waals surface area contributed by atoms with Crippen LogP contribution < -0.4 is 10.2 Å². The molecule has 152 valence electrons. The van der Waals surface area contributed by atoms with E-state index in [1.54, 1.807) is 24.0 Å². The number of halogens is 1. The third-order valence-electron chi connectivity index (χ3n) is 5.35. The van der Waals surface area contributed by atoms with Crippen molar-refractivity contribution in [2.75, 3.05) is 36.2 Å². The molecule has 1 unspecified atom stereocenters. The summed E-state index contributed by atoms with van der Waals surface area (Å²) in [4.78, 5) is 20.3. The fraction of sp³-hybridized carbons (Fsp3) is 0.450. The summed E-state index contributed by atoms with van der Waals surface area (Å²) >= 11 is 1.54. The second kappa shape index (κ2) is 8.53. The average molecular weight is 415 g/mol. The van der Waals surface area contributed by atoms with E-state index in [0.717, 1.165) is 16.6 Å². The molecule has 2 fully saturated rings. The molecule has 0 spiro atoms. The maximum atomic E-state index is 13.6. The highest BCUT2D eigenvalue weighted by atomic mass is 32.2. The van der Waals surface area contributed by atoms with Crippen molar-refractivity contribution in [3.8, 4) is 6.07 Å². The Kier molecular flexibility index (Phi) is 5.85. The number of hydrogen-bond acceptors (Lipinski definition) is 7. The molecule has 1 aromatic heterocycles. The molecule has 2 N–H and O–H groups in total. The number of carbonyl (C=O) groups excluding carboxylic acids is 1. The normalized spacial score (nSPS) is 22.8. The Morgan fingerprint density at radius 1 is 1.48 bits per heavy atom. The molecule has 2 saturated heterocycles. The van der Waals surface area contributed by atoms with E-state index >= 15 is 0 Å². The van der Waals surface area contributed by atoms with Crippen molar-refractivity contribution in [3.63, 3.8) is 0 Å². The maximum Gasteiger partial charge on any atom is 0.238 e. The second-order valence-corrected chi connectivity index (χ2v) is 8.23. The standard InChI is InChI=1S/C20H22FN5O2S/c21-13-4-6-25(10-13)14-1-2-18-17(7-14)16(3-5-23-18)20(28)24-9-19(27)26-12-29-11-15(26)8-22/h1-3,5,7,13,15,20,24,28H,4,6,9-12H2/t13-,15+,20?/m0/s1. The summed E-state index contributed by atoms with van der Waals surface area (Å²) in [5.74, 6) is 0.881. The van der Waals surface area contributed by atoms with Crippen LogP contribution >= 0.6 is 11.8 Å². The highest BCUT2D eigenvalue weighted by Gasteiger charge is 2.29. The number of nitriles is 1. The van der Waals surface area contributed by atoms with Crippen molar-refractivity contribution >= 4 is 34.3 Å². The Bertz CT molecular complexity index is 952. The van der Waals surface area contributed by atoms with E-state index in [1.165, 1.54) is 4.90 Å². The van der Waals surface area contributed by atoms with Gasteiger partial charge >= 0.3 is 0 Å². The van der Waals surface area contributed by atoms with Crippen LogP contribution in [0.4, 0.5) is 10.1 Å². The van der Waals surface area contributed by atoms with Crippen LogP contribution in [0.5, 0.6) is 0 Å². The van der Waals surface area contributed by atoms with Gasteiger partial charge in [0.15, 0.2) is 0 Å². The number of aliphatic hydroxyl groups excluding tert-OH is 1. The van der Waals surface area contributed by atoms with E-state index in [0.29, 0.717) is 36.7 Å². The van der Waals surface area contributed by atoms with Crippen LogP contribution in [0.25, 0.3) is 10.9 Å². The maximum absolute atomic E-state index is 13.6. The summed E-state index contributed by atoms with van der Waals surface area (Å²) in [6, 6.07) is 9.09. The minimum absolute atomic E-state index is 0.0704. The molecular formula is C20H22FN5O2S. The lowest BCUT2D eigenvalue weighted by molar-refractivity contribution is -0.130. The van der Waals surface area contributed by atoms with Crippen molar-refractivity contribution in [2.24, 2.45) is 0 Å². The number of alkyl halides is 1. The molecule has 2 aromatic rings. The van der Waals surface area contributed by atoms with Gasteiger partial charge in [-0.1, -0.05) is 0 Å². The van der Waals surface area contributed by atoms with Crippen molar-refractivity contribution in [2.45, 2.75) is 24.9 Å². The van der Waals surface area contributed by atoms with Crippen LogP contribution in [-0.2, 0) is 4.79 Å². The molecule has 29 heavy (non-hydrogen) atoms. The first-order chi connectivity index (χ1) is 14.1.